The van der Waals surface area contributed by atoms with Gasteiger partial charge >= 0.3 is 0 Å². The quantitative estimate of drug-likeness (QED) is 0.462. The summed E-state index contributed by atoms with van der Waals surface area (Å²) in [5.41, 5.74) is 0. The van der Waals surface area contributed by atoms with Crippen LogP contribution in [-0.2, 0) is 0 Å². The highest BCUT2D eigenvalue weighted by Gasteiger charge is 2.27. The Balaban J connectivity index is 4.24. The topological polar surface area (TPSA) is 80.9 Å². The van der Waals surface area contributed by atoms with Crippen LogP contribution < -0.4 is 0 Å². The van der Waals surface area contributed by atoms with Crippen LogP contribution in [0.15, 0.2) is 12.3 Å². The van der Waals surface area contributed by atoms with Crippen molar-refractivity contribution < 1.29 is 20.4 Å². The highest BCUT2D eigenvalue weighted by molar-refractivity contribution is 4.92. The van der Waals surface area contributed by atoms with E-state index in [1.165, 1.54) is 0 Å². The molecule has 3 unspecified atom stereocenters. The van der Waals surface area contributed by atoms with E-state index in [0.29, 0.717) is 0 Å². The molecule has 0 fully saturated rings. The van der Waals surface area contributed by atoms with Crippen molar-refractivity contribution >= 4 is 0 Å². The van der Waals surface area contributed by atoms with Crippen molar-refractivity contribution in [1.29, 1.82) is 0 Å². The van der Waals surface area contributed by atoms with Crippen molar-refractivity contribution in [3.8, 4) is 0 Å². The summed E-state index contributed by atoms with van der Waals surface area (Å²) in [4.78, 5) is 0. The fourth-order valence-corrected chi connectivity index (χ4v) is 1.05. The average molecular weight is 190 g/mol. The lowest BCUT2D eigenvalue weighted by Gasteiger charge is -2.26. The van der Waals surface area contributed by atoms with E-state index in [-0.39, 0.29) is 5.76 Å². The minimum absolute atomic E-state index is 0.121. The fraction of sp³-hybridized carbons (Fsp3) is 0.778. The lowest BCUT2D eigenvalue weighted by atomic mass is 9.89. The SMILES string of the molecule is C=C(O)C(C)C(O)C(C)[C@H](O)CO. The van der Waals surface area contributed by atoms with Gasteiger partial charge in [-0.1, -0.05) is 20.4 Å². The fourth-order valence-electron chi connectivity index (χ4n) is 1.05. The van der Waals surface area contributed by atoms with Gasteiger partial charge in [-0.05, 0) is 0 Å². The summed E-state index contributed by atoms with van der Waals surface area (Å²) in [5.74, 6) is -1.12. The van der Waals surface area contributed by atoms with Gasteiger partial charge in [0.05, 0.1) is 24.6 Å². The maximum Gasteiger partial charge on any atom is 0.0905 e. The molecule has 78 valence electrons. The average Bonchev–Trinajstić information content (AvgIpc) is 2.12. The lowest BCUT2D eigenvalue weighted by molar-refractivity contribution is -0.0279. The monoisotopic (exact) mass is 190 g/mol. The van der Waals surface area contributed by atoms with Crippen LogP contribution in [0.5, 0.6) is 0 Å². The van der Waals surface area contributed by atoms with Gasteiger partial charge in [0.25, 0.3) is 0 Å². The zero-order valence-electron chi connectivity index (χ0n) is 8.01. The zero-order valence-corrected chi connectivity index (χ0v) is 8.01. The maximum absolute atomic E-state index is 9.57. The summed E-state index contributed by atoms with van der Waals surface area (Å²) in [5, 5.41) is 36.4. The molecule has 4 atom stereocenters. The molecule has 0 spiro atoms. The van der Waals surface area contributed by atoms with Crippen molar-refractivity contribution in [2.45, 2.75) is 26.1 Å². The first-order valence-electron chi connectivity index (χ1n) is 4.26. The van der Waals surface area contributed by atoms with Crippen LogP contribution in [-0.4, -0.2) is 39.2 Å². The van der Waals surface area contributed by atoms with Gasteiger partial charge in [-0.15, -0.1) is 0 Å². The molecule has 0 bridgehead atoms. The number of hydrogen-bond acceptors (Lipinski definition) is 4. The van der Waals surface area contributed by atoms with Crippen molar-refractivity contribution in [1.82, 2.24) is 0 Å². The summed E-state index contributed by atoms with van der Waals surface area (Å²) in [6.07, 6.45) is -1.88. The summed E-state index contributed by atoms with van der Waals surface area (Å²) in [6.45, 7) is 6.10. The molecule has 0 amide bonds. The van der Waals surface area contributed by atoms with E-state index in [1.54, 1.807) is 13.8 Å². The Hall–Kier alpha value is -0.580. The third kappa shape index (κ3) is 3.34. The molecule has 0 saturated heterocycles. The van der Waals surface area contributed by atoms with E-state index in [2.05, 4.69) is 6.58 Å². The number of aliphatic hydroxyl groups excluding tert-OH is 4. The molecule has 13 heavy (non-hydrogen) atoms. The Bertz CT molecular complexity index is 169. The van der Waals surface area contributed by atoms with Crippen molar-refractivity contribution in [2.75, 3.05) is 6.61 Å². The maximum atomic E-state index is 9.57. The van der Waals surface area contributed by atoms with Crippen LogP contribution >= 0.6 is 0 Å². The summed E-state index contributed by atoms with van der Waals surface area (Å²) >= 11 is 0. The van der Waals surface area contributed by atoms with Crippen LogP contribution in [0, 0.1) is 11.8 Å². The Morgan fingerprint density at radius 2 is 1.77 bits per heavy atom. The summed E-state index contributed by atoms with van der Waals surface area (Å²) < 4.78 is 0. The Morgan fingerprint density at radius 1 is 1.31 bits per heavy atom. The third-order valence-corrected chi connectivity index (χ3v) is 2.37. The molecule has 0 aliphatic carbocycles. The van der Waals surface area contributed by atoms with Gasteiger partial charge in [0.1, 0.15) is 0 Å². The van der Waals surface area contributed by atoms with Crippen molar-refractivity contribution in [3.63, 3.8) is 0 Å². The van der Waals surface area contributed by atoms with Gasteiger partial charge in [-0.2, -0.15) is 0 Å². The Morgan fingerprint density at radius 3 is 2.08 bits per heavy atom. The molecule has 4 N–H and O–H groups in total. The molecule has 0 aromatic heterocycles. The second kappa shape index (κ2) is 5.21. The lowest BCUT2D eigenvalue weighted by Crippen LogP contribution is -2.36. The second-order valence-electron chi connectivity index (χ2n) is 3.38. The normalized spacial score (nSPS) is 20.4. The summed E-state index contributed by atoms with van der Waals surface area (Å²) in [6, 6.07) is 0. The Kier molecular flexibility index (Phi) is 4.98. The minimum Gasteiger partial charge on any atom is -0.513 e. The van der Waals surface area contributed by atoms with Gasteiger partial charge in [-0.3, -0.25) is 0 Å². The van der Waals surface area contributed by atoms with Crippen molar-refractivity contribution in [2.24, 2.45) is 11.8 Å². The second-order valence-corrected chi connectivity index (χ2v) is 3.38. The zero-order chi connectivity index (χ0) is 10.6. The molecule has 0 saturated carbocycles. The third-order valence-electron chi connectivity index (χ3n) is 2.37. The highest BCUT2D eigenvalue weighted by atomic mass is 16.3. The number of aliphatic hydroxyl groups is 4. The largest absolute Gasteiger partial charge is 0.513 e. The molecular weight excluding hydrogens is 172 g/mol. The van der Waals surface area contributed by atoms with Crippen molar-refractivity contribution in [3.05, 3.63) is 12.3 Å². The van der Waals surface area contributed by atoms with Gasteiger partial charge in [0.15, 0.2) is 0 Å². The molecule has 0 heterocycles. The smallest absolute Gasteiger partial charge is 0.0905 e. The van der Waals surface area contributed by atoms with E-state index in [1.807, 2.05) is 0 Å². The predicted octanol–water partition coefficient (Wildman–Crippen LogP) is 0.0444. The molecule has 0 aliphatic heterocycles. The first kappa shape index (κ1) is 12.4. The van der Waals surface area contributed by atoms with E-state index in [4.69, 9.17) is 10.2 Å². The van der Waals surface area contributed by atoms with Crippen LogP contribution in [0.4, 0.5) is 0 Å². The molecule has 0 aliphatic rings. The van der Waals surface area contributed by atoms with Crippen LogP contribution in [0.25, 0.3) is 0 Å². The molecule has 0 aromatic carbocycles. The Labute approximate surface area is 78.1 Å². The predicted molar refractivity (Wildman–Crippen MR) is 49.2 cm³/mol. The number of rotatable bonds is 5. The van der Waals surface area contributed by atoms with E-state index in [0.717, 1.165) is 0 Å². The molecule has 0 aromatic rings. The molecule has 0 rings (SSSR count). The minimum atomic E-state index is -0.975. The number of hydrogen-bond donors (Lipinski definition) is 4. The van der Waals surface area contributed by atoms with Crippen LogP contribution in [0.1, 0.15) is 13.8 Å². The van der Waals surface area contributed by atoms with E-state index < -0.39 is 30.7 Å². The molecule has 4 nitrogen and oxygen atoms in total. The van der Waals surface area contributed by atoms with Gasteiger partial charge in [0, 0.05) is 11.8 Å². The van der Waals surface area contributed by atoms with Gasteiger partial charge in [0.2, 0.25) is 0 Å². The highest BCUT2D eigenvalue weighted by Crippen LogP contribution is 2.20. The molecular formula is C9H18O4. The van der Waals surface area contributed by atoms with E-state index in [9.17, 15) is 10.2 Å². The summed E-state index contributed by atoms with van der Waals surface area (Å²) in [7, 11) is 0. The molecule has 4 heteroatoms. The van der Waals surface area contributed by atoms with E-state index >= 15 is 0 Å². The van der Waals surface area contributed by atoms with Crippen LogP contribution in [0.2, 0.25) is 0 Å². The molecule has 0 radical (unpaired) electrons. The first-order valence-corrected chi connectivity index (χ1v) is 4.26. The van der Waals surface area contributed by atoms with Gasteiger partial charge < -0.3 is 20.4 Å². The van der Waals surface area contributed by atoms with Gasteiger partial charge in [-0.25, -0.2) is 0 Å². The first-order chi connectivity index (χ1) is 5.91. The van der Waals surface area contributed by atoms with Crippen LogP contribution in [0.3, 0.4) is 0 Å². The standard InChI is InChI=1S/C9H18O4/c1-5(7(3)11)9(13)6(2)8(12)4-10/h5-6,8-13H,3-4H2,1-2H3/t5?,6?,8-,9?/m1/s1.